The fraction of sp³-hybridized carbons (Fsp3) is 0.316. The van der Waals surface area contributed by atoms with Gasteiger partial charge in [-0.2, -0.15) is 0 Å². The van der Waals surface area contributed by atoms with Crippen molar-refractivity contribution in [1.29, 1.82) is 0 Å². The van der Waals surface area contributed by atoms with Crippen LogP contribution in [0.15, 0.2) is 42.5 Å². The van der Waals surface area contributed by atoms with E-state index in [0.717, 1.165) is 16.9 Å². The third-order valence-corrected chi connectivity index (χ3v) is 3.53. The first kappa shape index (κ1) is 16.1. The number of hydrogen-bond acceptors (Lipinski definition) is 2. The summed E-state index contributed by atoms with van der Waals surface area (Å²) in [5, 5.41) is 2.97. The molecule has 0 saturated carbocycles. The van der Waals surface area contributed by atoms with Crippen LogP contribution in [-0.4, -0.2) is 18.6 Å². The average Bonchev–Trinajstić information content (AvgIpc) is 2.46. The normalized spacial score (nSPS) is 11.8. The number of ether oxygens (including phenoxy) is 1. The van der Waals surface area contributed by atoms with Gasteiger partial charge in [0.05, 0.1) is 6.04 Å². The van der Waals surface area contributed by atoms with Crippen LogP contribution in [0.1, 0.15) is 34.0 Å². The van der Waals surface area contributed by atoms with E-state index in [1.165, 1.54) is 5.56 Å². The van der Waals surface area contributed by atoms with Crippen molar-refractivity contribution in [2.24, 2.45) is 0 Å². The lowest BCUT2D eigenvalue weighted by Crippen LogP contribution is -2.37. The van der Waals surface area contributed by atoms with E-state index in [9.17, 15) is 4.79 Å². The maximum absolute atomic E-state index is 12.3. The Labute approximate surface area is 132 Å². The van der Waals surface area contributed by atoms with E-state index in [2.05, 4.69) is 5.32 Å². The predicted octanol–water partition coefficient (Wildman–Crippen LogP) is 3.81. The number of rotatable bonds is 5. The molecule has 0 radical (unpaired) electrons. The van der Waals surface area contributed by atoms with Gasteiger partial charge in [0.25, 0.3) is 5.91 Å². The second-order valence-electron chi connectivity index (χ2n) is 5.82. The van der Waals surface area contributed by atoms with Crippen LogP contribution in [-0.2, 0) is 0 Å². The SMILES string of the molecule is Cc1ccc(OCC(C)NC(=O)c2ccc(C)cc2C)cc1. The zero-order chi connectivity index (χ0) is 16.1. The summed E-state index contributed by atoms with van der Waals surface area (Å²) < 4.78 is 5.69. The summed E-state index contributed by atoms with van der Waals surface area (Å²) in [6.45, 7) is 8.40. The first-order valence-electron chi connectivity index (χ1n) is 7.53. The van der Waals surface area contributed by atoms with Crippen LogP contribution in [0.4, 0.5) is 0 Å². The zero-order valence-corrected chi connectivity index (χ0v) is 13.6. The highest BCUT2D eigenvalue weighted by Crippen LogP contribution is 2.13. The highest BCUT2D eigenvalue weighted by Gasteiger charge is 2.12. The Hall–Kier alpha value is -2.29. The van der Waals surface area contributed by atoms with Gasteiger partial charge in [0.2, 0.25) is 0 Å². The summed E-state index contributed by atoms with van der Waals surface area (Å²) >= 11 is 0. The fourth-order valence-corrected chi connectivity index (χ4v) is 2.27. The van der Waals surface area contributed by atoms with Crippen molar-refractivity contribution in [3.8, 4) is 5.75 Å². The molecule has 0 aromatic heterocycles. The fourth-order valence-electron chi connectivity index (χ4n) is 2.27. The molecule has 2 aromatic rings. The quantitative estimate of drug-likeness (QED) is 0.911. The molecule has 2 aromatic carbocycles. The van der Waals surface area contributed by atoms with Crippen molar-refractivity contribution in [2.75, 3.05) is 6.61 Å². The zero-order valence-electron chi connectivity index (χ0n) is 13.6. The third kappa shape index (κ3) is 4.35. The first-order valence-corrected chi connectivity index (χ1v) is 7.53. The number of benzene rings is 2. The highest BCUT2D eigenvalue weighted by atomic mass is 16.5. The van der Waals surface area contributed by atoms with E-state index in [-0.39, 0.29) is 11.9 Å². The van der Waals surface area contributed by atoms with Gasteiger partial charge < -0.3 is 10.1 Å². The summed E-state index contributed by atoms with van der Waals surface area (Å²) in [5.41, 5.74) is 4.06. The highest BCUT2D eigenvalue weighted by molar-refractivity contribution is 5.95. The van der Waals surface area contributed by atoms with Gasteiger partial charge in [-0.05, 0) is 51.5 Å². The molecule has 3 heteroatoms. The number of nitrogens with one attached hydrogen (secondary N) is 1. The number of carbonyl (C=O) groups excluding carboxylic acids is 1. The molecule has 2 rings (SSSR count). The van der Waals surface area contributed by atoms with Gasteiger partial charge >= 0.3 is 0 Å². The molecular formula is C19H23NO2. The maximum Gasteiger partial charge on any atom is 0.251 e. The van der Waals surface area contributed by atoms with Crippen molar-refractivity contribution in [2.45, 2.75) is 33.7 Å². The van der Waals surface area contributed by atoms with Crippen molar-refractivity contribution in [3.05, 3.63) is 64.7 Å². The third-order valence-electron chi connectivity index (χ3n) is 3.53. The molecule has 0 aliphatic carbocycles. The minimum Gasteiger partial charge on any atom is -0.491 e. The van der Waals surface area contributed by atoms with Gasteiger partial charge in [-0.1, -0.05) is 35.4 Å². The standard InChI is InChI=1S/C19H23NO2/c1-13-5-8-17(9-6-13)22-12-16(4)20-19(21)18-10-7-14(2)11-15(18)3/h5-11,16H,12H2,1-4H3,(H,20,21). The van der Waals surface area contributed by atoms with Crippen LogP contribution in [0.25, 0.3) is 0 Å². The second-order valence-corrected chi connectivity index (χ2v) is 5.82. The summed E-state index contributed by atoms with van der Waals surface area (Å²) in [5.74, 6) is 0.760. The Morgan fingerprint density at radius 1 is 1.05 bits per heavy atom. The van der Waals surface area contributed by atoms with Crippen LogP contribution >= 0.6 is 0 Å². The number of amides is 1. The summed E-state index contributed by atoms with van der Waals surface area (Å²) in [6, 6.07) is 13.7. The lowest BCUT2D eigenvalue weighted by Gasteiger charge is -2.16. The molecule has 0 spiro atoms. The van der Waals surface area contributed by atoms with E-state index >= 15 is 0 Å². The van der Waals surface area contributed by atoms with Crippen molar-refractivity contribution >= 4 is 5.91 Å². The Balaban J connectivity index is 1.89. The van der Waals surface area contributed by atoms with Crippen LogP contribution in [0.2, 0.25) is 0 Å². The Morgan fingerprint density at radius 3 is 2.32 bits per heavy atom. The Bertz CT molecular complexity index is 647. The van der Waals surface area contributed by atoms with Gasteiger partial charge in [0, 0.05) is 5.56 Å². The molecule has 0 fully saturated rings. The molecule has 1 amide bonds. The van der Waals surface area contributed by atoms with Crippen molar-refractivity contribution < 1.29 is 9.53 Å². The predicted molar refractivity (Wildman–Crippen MR) is 89.5 cm³/mol. The average molecular weight is 297 g/mol. The lowest BCUT2D eigenvalue weighted by atomic mass is 10.1. The van der Waals surface area contributed by atoms with Crippen LogP contribution in [0.5, 0.6) is 5.75 Å². The number of carbonyl (C=O) groups is 1. The molecular weight excluding hydrogens is 274 g/mol. The van der Waals surface area contributed by atoms with Gasteiger partial charge in [-0.15, -0.1) is 0 Å². The topological polar surface area (TPSA) is 38.3 Å². The van der Waals surface area contributed by atoms with E-state index in [1.807, 2.05) is 70.2 Å². The van der Waals surface area contributed by atoms with E-state index in [0.29, 0.717) is 12.2 Å². The first-order chi connectivity index (χ1) is 10.5. The van der Waals surface area contributed by atoms with Gasteiger partial charge in [0.1, 0.15) is 12.4 Å². The van der Waals surface area contributed by atoms with E-state index in [4.69, 9.17) is 4.74 Å². The van der Waals surface area contributed by atoms with E-state index < -0.39 is 0 Å². The molecule has 0 aliphatic rings. The van der Waals surface area contributed by atoms with Gasteiger partial charge in [-0.3, -0.25) is 4.79 Å². The van der Waals surface area contributed by atoms with Crippen LogP contribution < -0.4 is 10.1 Å². The second kappa shape index (κ2) is 7.12. The molecule has 0 aliphatic heterocycles. The maximum atomic E-state index is 12.3. The van der Waals surface area contributed by atoms with Crippen LogP contribution in [0.3, 0.4) is 0 Å². The minimum atomic E-state index is -0.0606. The van der Waals surface area contributed by atoms with Crippen molar-refractivity contribution in [3.63, 3.8) is 0 Å². The molecule has 1 unspecified atom stereocenters. The Morgan fingerprint density at radius 2 is 1.68 bits per heavy atom. The minimum absolute atomic E-state index is 0.0579. The molecule has 0 bridgehead atoms. The molecule has 1 N–H and O–H groups in total. The summed E-state index contributed by atoms with van der Waals surface area (Å²) in [6.07, 6.45) is 0. The molecule has 0 heterocycles. The number of aryl methyl sites for hydroxylation is 3. The Kier molecular flexibility index (Phi) is 5.21. The molecule has 116 valence electrons. The van der Waals surface area contributed by atoms with Gasteiger partial charge in [0.15, 0.2) is 0 Å². The van der Waals surface area contributed by atoms with Gasteiger partial charge in [-0.25, -0.2) is 0 Å². The summed E-state index contributed by atoms with van der Waals surface area (Å²) in [4.78, 5) is 12.3. The molecule has 3 nitrogen and oxygen atoms in total. The van der Waals surface area contributed by atoms with Crippen molar-refractivity contribution in [1.82, 2.24) is 5.32 Å². The smallest absolute Gasteiger partial charge is 0.251 e. The molecule has 0 saturated heterocycles. The molecule has 22 heavy (non-hydrogen) atoms. The van der Waals surface area contributed by atoms with E-state index in [1.54, 1.807) is 0 Å². The largest absolute Gasteiger partial charge is 0.491 e. The summed E-state index contributed by atoms with van der Waals surface area (Å²) in [7, 11) is 0. The number of hydrogen-bond donors (Lipinski definition) is 1. The molecule has 1 atom stereocenters. The monoisotopic (exact) mass is 297 g/mol. The lowest BCUT2D eigenvalue weighted by molar-refractivity contribution is 0.0926. The van der Waals surface area contributed by atoms with Crippen LogP contribution in [0, 0.1) is 20.8 Å².